The van der Waals surface area contributed by atoms with Crippen molar-refractivity contribution in [2.75, 3.05) is 0 Å². The Balaban J connectivity index is 1.73. The number of aliphatic carboxylic acids is 1. The van der Waals surface area contributed by atoms with Crippen molar-refractivity contribution in [1.29, 1.82) is 0 Å². The molecule has 0 fully saturated rings. The number of nitrogens with one attached hydrogen (secondary N) is 3. The fourth-order valence-electron chi connectivity index (χ4n) is 4.43. The van der Waals surface area contributed by atoms with Crippen LogP contribution in [0.3, 0.4) is 0 Å². The molecule has 0 saturated heterocycles. The maximum Gasteiger partial charge on any atom is 0.326 e. The van der Waals surface area contributed by atoms with Crippen LogP contribution in [0, 0.1) is 12.8 Å². The summed E-state index contributed by atoms with van der Waals surface area (Å²) in [5, 5.41) is 21.7. The molecular weight excluding hydrogens is 524 g/mol. The van der Waals surface area contributed by atoms with Crippen molar-refractivity contribution in [3.63, 3.8) is 0 Å². The number of nitrogens with zero attached hydrogens (tertiary/aromatic N) is 1. The molecule has 0 aliphatic rings. The van der Waals surface area contributed by atoms with E-state index in [9.17, 15) is 24.3 Å². The Morgan fingerprint density at radius 3 is 1.98 bits per heavy atom. The van der Waals surface area contributed by atoms with Gasteiger partial charge in [0, 0.05) is 12.5 Å². The van der Waals surface area contributed by atoms with E-state index in [4.69, 9.17) is 4.52 Å². The summed E-state index contributed by atoms with van der Waals surface area (Å²) in [5.41, 5.74) is 2.20. The normalized spacial score (nSPS) is 13.2. The SMILES string of the molecule is Cc1cc(CC(=O)N[C@@H](CCc2ccccc2)C(=O)N[C@@H](CC(C)C)C(=O)N[C@@H](Cc2ccccc2)C(=O)O)no1. The van der Waals surface area contributed by atoms with Gasteiger partial charge in [0.05, 0.1) is 12.1 Å². The van der Waals surface area contributed by atoms with Gasteiger partial charge in [0.25, 0.3) is 0 Å². The average Bonchev–Trinajstić information content (AvgIpc) is 3.34. The number of carbonyl (C=O) groups is 4. The van der Waals surface area contributed by atoms with Gasteiger partial charge in [0.1, 0.15) is 23.9 Å². The molecule has 0 spiro atoms. The highest BCUT2D eigenvalue weighted by molar-refractivity contribution is 5.93. The van der Waals surface area contributed by atoms with Gasteiger partial charge in [0.15, 0.2) is 0 Å². The topological polar surface area (TPSA) is 151 Å². The van der Waals surface area contributed by atoms with Crippen molar-refractivity contribution in [2.24, 2.45) is 5.92 Å². The summed E-state index contributed by atoms with van der Waals surface area (Å²) < 4.78 is 5.03. The third-order valence-electron chi connectivity index (χ3n) is 6.47. The number of carboxylic acids is 1. The van der Waals surface area contributed by atoms with Crippen LogP contribution in [0.15, 0.2) is 71.3 Å². The minimum absolute atomic E-state index is 0.0243. The van der Waals surface area contributed by atoms with Crippen molar-refractivity contribution in [3.05, 3.63) is 89.3 Å². The lowest BCUT2D eigenvalue weighted by Crippen LogP contribution is -2.56. The quantitative estimate of drug-likeness (QED) is 0.222. The van der Waals surface area contributed by atoms with E-state index in [0.717, 1.165) is 11.1 Å². The molecule has 3 aromatic rings. The molecule has 41 heavy (non-hydrogen) atoms. The monoisotopic (exact) mass is 562 g/mol. The Kier molecular flexibility index (Phi) is 11.6. The number of amides is 3. The van der Waals surface area contributed by atoms with Gasteiger partial charge >= 0.3 is 5.97 Å². The zero-order chi connectivity index (χ0) is 29.8. The summed E-state index contributed by atoms with van der Waals surface area (Å²) in [4.78, 5) is 51.6. The molecule has 4 N–H and O–H groups in total. The summed E-state index contributed by atoms with van der Waals surface area (Å²) in [5.74, 6) is -2.11. The molecule has 1 heterocycles. The Hall–Kier alpha value is -4.47. The molecule has 10 heteroatoms. The summed E-state index contributed by atoms with van der Waals surface area (Å²) in [6, 6.07) is 17.1. The summed E-state index contributed by atoms with van der Waals surface area (Å²) in [6.45, 7) is 5.53. The van der Waals surface area contributed by atoms with E-state index in [2.05, 4.69) is 21.1 Å². The number of hydrogen-bond donors (Lipinski definition) is 4. The molecule has 10 nitrogen and oxygen atoms in total. The van der Waals surface area contributed by atoms with E-state index in [-0.39, 0.29) is 25.2 Å². The molecule has 0 aliphatic carbocycles. The highest BCUT2D eigenvalue weighted by Gasteiger charge is 2.30. The molecule has 0 bridgehead atoms. The van der Waals surface area contributed by atoms with Crippen molar-refractivity contribution in [2.45, 2.75) is 71.0 Å². The molecule has 0 unspecified atom stereocenters. The first-order valence-corrected chi connectivity index (χ1v) is 13.7. The second-order valence-electron chi connectivity index (χ2n) is 10.5. The van der Waals surface area contributed by atoms with Crippen molar-refractivity contribution < 1.29 is 28.8 Å². The van der Waals surface area contributed by atoms with Gasteiger partial charge in [-0.2, -0.15) is 0 Å². The van der Waals surface area contributed by atoms with Gasteiger partial charge in [-0.05, 0) is 43.2 Å². The highest BCUT2D eigenvalue weighted by atomic mass is 16.5. The molecule has 0 aliphatic heterocycles. The number of aromatic nitrogens is 1. The smallest absolute Gasteiger partial charge is 0.326 e. The van der Waals surface area contributed by atoms with Crippen LogP contribution in [-0.4, -0.2) is 52.1 Å². The Morgan fingerprint density at radius 2 is 1.41 bits per heavy atom. The van der Waals surface area contributed by atoms with Gasteiger partial charge < -0.3 is 25.6 Å². The summed E-state index contributed by atoms with van der Waals surface area (Å²) >= 11 is 0. The lowest BCUT2D eigenvalue weighted by molar-refractivity contribution is -0.142. The molecule has 3 amide bonds. The second-order valence-corrected chi connectivity index (χ2v) is 10.5. The molecule has 1 aromatic heterocycles. The summed E-state index contributed by atoms with van der Waals surface area (Å²) in [7, 11) is 0. The Morgan fingerprint density at radius 1 is 0.829 bits per heavy atom. The van der Waals surface area contributed by atoms with E-state index in [1.165, 1.54) is 0 Å². The van der Waals surface area contributed by atoms with Crippen LogP contribution in [0.25, 0.3) is 0 Å². The number of rotatable bonds is 15. The second kappa shape index (κ2) is 15.4. The van der Waals surface area contributed by atoms with Gasteiger partial charge in [0.2, 0.25) is 17.7 Å². The standard InChI is InChI=1S/C31H38N4O6/c1-20(2)16-26(30(38)34-27(31(39)40)18-23-12-8-5-9-13-23)33-29(37)25(15-14-22-10-6-4-7-11-22)32-28(36)19-24-17-21(3)41-35-24/h4-13,17,20,25-27H,14-16,18-19H2,1-3H3,(H,32,36)(H,33,37)(H,34,38)(H,39,40)/t25-,26-,27-/m0/s1. The number of hydrogen-bond acceptors (Lipinski definition) is 6. The first-order chi connectivity index (χ1) is 19.6. The molecule has 3 atom stereocenters. The van der Waals surface area contributed by atoms with Crippen molar-refractivity contribution in [3.8, 4) is 0 Å². The zero-order valence-corrected chi connectivity index (χ0v) is 23.6. The van der Waals surface area contributed by atoms with Gasteiger partial charge in [-0.1, -0.05) is 79.7 Å². The minimum Gasteiger partial charge on any atom is -0.480 e. The van der Waals surface area contributed by atoms with Crippen LogP contribution < -0.4 is 16.0 Å². The maximum absolute atomic E-state index is 13.5. The van der Waals surface area contributed by atoms with Crippen LogP contribution in [0.4, 0.5) is 0 Å². The van der Waals surface area contributed by atoms with Crippen LogP contribution in [0.1, 0.15) is 49.3 Å². The third-order valence-corrected chi connectivity index (χ3v) is 6.47. The average molecular weight is 563 g/mol. The predicted octanol–water partition coefficient (Wildman–Crippen LogP) is 2.99. The Bertz CT molecular complexity index is 1290. The lowest BCUT2D eigenvalue weighted by atomic mass is 10.00. The van der Waals surface area contributed by atoms with E-state index in [1.54, 1.807) is 37.3 Å². The third kappa shape index (κ3) is 10.6. The van der Waals surface area contributed by atoms with Crippen molar-refractivity contribution in [1.82, 2.24) is 21.1 Å². The fraction of sp³-hybridized carbons (Fsp3) is 0.387. The number of aryl methyl sites for hydroxylation is 2. The van der Waals surface area contributed by atoms with Gasteiger partial charge in [-0.3, -0.25) is 14.4 Å². The van der Waals surface area contributed by atoms with E-state index in [1.807, 2.05) is 50.2 Å². The fourth-order valence-corrected chi connectivity index (χ4v) is 4.43. The largest absolute Gasteiger partial charge is 0.480 e. The number of carbonyl (C=O) groups excluding carboxylic acids is 3. The first kappa shape index (κ1) is 31.1. The first-order valence-electron chi connectivity index (χ1n) is 13.7. The van der Waals surface area contributed by atoms with Crippen molar-refractivity contribution >= 4 is 23.7 Å². The van der Waals surface area contributed by atoms with Crippen LogP contribution >= 0.6 is 0 Å². The van der Waals surface area contributed by atoms with Crippen LogP contribution in [0.2, 0.25) is 0 Å². The van der Waals surface area contributed by atoms with Gasteiger partial charge in [-0.15, -0.1) is 0 Å². The Labute approximate surface area is 239 Å². The molecule has 218 valence electrons. The van der Waals surface area contributed by atoms with Crippen LogP contribution in [-0.2, 0) is 38.4 Å². The molecular formula is C31H38N4O6. The molecule has 2 aromatic carbocycles. The maximum atomic E-state index is 13.5. The molecule has 0 saturated carbocycles. The lowest BCUT2D eigenvalue weighted by Gasteiger charge is -2.25. The zero-order valence-electron chi connectivity index (χ0n) is 23.6. The molecule has 3 rings (SSSR count). The van der Waals surface area contributed by atoms with E-state index < -0.39 is 41.8 Å². The summed E-state index contributed by atoms with van der Waals surface area (Å²) in [6.07, 6.45) is 1.12. The van der Waals surface area contributed by atoms with E-state index >= 15 is 0 Å². The highest BCUT2D eigenvalue weighted by Crippen LogP contribution is 2.11. The number of benzene rings is 2. The van der Waals surface area contributed by atoms with Crippen LogP contribution in [0.5, 0.6) is 0 Å². The van der Waals surface area contributed by atoms with Gasteiger partial charge in [-0.25, -0.2) is 4.79 Å². The molecule has 0 radical (unpaired) electrons. The predicted molar refractivity (Wildman–Crippen MR) is 153 cm³/mol. The minimum atomic E-state index is -1.17. The number of carboxylic acid groups (broad SMARTS) is 1. The van der Waals surface area contributed by atoms with E-state index in [0.29, 0.717) is 24.3 Å².